The highest BCUT2D eigenvalue weighted by Crippen LogP contribution is 2.60. The molecule has 3 fully saturated rings. The summed E-state index contributed by atoms with van der Waals surface area (Å²) in [6.07, 6.45) is 0.473. The van der Waals surface area contributed by atoms with Gasteiger partial charge >= 0.3 is 6.18 Å². The first-order chi connectivity index (χ1) is 10.0. The zero-order chi connectivity index (χ0) is 14.7. The molecule has 0 N–H and O–H groups in total. The van der Waals surface area contributed by atoms with E-state index >= 15 is 0 Å². The summed E-state index contributed by atoms with van der Waals surface area (Å²) in [5.74, 6) is -2.17. The van der Waals surface area contributed by atoms with E-state index in [4.69, 9.17) is 9.47 Å². The molecule has 2 aliphatic heterocycles. The molecule has 2 atom stereocenters. The van der Waals surface area contributed by atoms with Crippen LogP contribution < -0.4 is 0 Å². The SMILES string of the molecule is FC(F)(F)C1(C2=C(N3CCCC3)C3CCCC23)OCCO1. The second-order valence-electron chi connectivity index (χ2n) is 6.45. The lowest BCUT2D eigenvalue weighted by atomic mass is 9.69. The van der Waals surface area contributed by atoms with Crippen LogP contribution in [0.4, 0.5) is 13.2 Å². The van der Waals surface area contributed by atoms with Gasteiger partial charge in [-0.05, 0) is 31.6 Å². The Hall–Kier alpha value is -0.750. The summed E-state index contributed by atoms with van der Waals surface area (Å²) >= 11 is 0. The molecule has 0 bridgehead atoms. The number of halogens is 3. The van der Waals surface area contributed by atoms with E-state index < -0.39 is 12.0 Å². The first-order valence-electron chi connectivity index (χ1n) is 7.89. The number of alkyl halides is 3. The molecule has 0 aromatic carbocycles. The maximum absolute atomic E-state index is 13.7. The van der Waals surface area contributed by atoms with Crippen molar-refractivity contribution in [3.8, 4) is 0 Å². The third-order valence-electron chi connectivity index (χ3n) is 5.38. The molecule has 2 saturated heterocycles. The van der Waals surface area contributed by atoms with Gasteiger partial charge in [0.1, 0.15) is 0 Å². The van der Waals surface area contributed by atoms with E-state index in [0.29, 0.717) is 11.5 Å². The monoisotopic (exact) mass is 303 g/mol. The molecule has 2 aliphatic carbocycles. The number of likely N-dealkylation sites (tertiary alicyclic amines) is 1. The molecule has 6 heteroatoms. The topological polar surface area (TPSA) is 21.7 Å². The maximum atomic E-state index is 13.7. The third kappa shape index (κ3) is 1.81. The summed E-state index contributed by atoms with van der Waals surface area (Å²) in [6, 6.07) is 0. The standard InChI is InChI=1S/C15H20F3NO2/c16-15(17,18)14(20-8-9-21-14)12-10-4-3-5-11(10)13(12)19-6-1-2-7-19/h10-11H,1-9H2. The number of allylic oxidation sites excluding steroid dienone is 1. The highest BCUT2D eigenvalue weighted by molar-refractivity contribution is 5.40. The van der Waals surface area contributed by atoms with E-state index in [2.05, 4.69) is 4.90 Å². The summed E-state index contributed by atoms with van der Waals surface area (Å²) < 4.78 is 51.5. The van der Waals surface area contributed by atoms with Crippen molar-refractivity contribution in [2.75, 3.05) is 26.3 Å². The summed E-state index contributed by atoms with van der Waals surface area (Å²) in [6.45, 7) is 1.79. The van der Waals surface area contributed by atoms with Crippen LogP contribution in [0.25, 0.3) is 0 Å². The van der Waals surface area contributed by atoms with Crippen LogP contribution in [0, 0.1) is 11.8 Å². The van der Waals surface area contributed by atoms with Gasteiger partial charge in [0.2, 0.25) is 0 Å². The van der Waals surface area contributed by atoms with Crippen molar-refractivity contribution >= 4 is 0 Å². The summed E-state index contributed by atoms with van der Waals surface area (Å²) in [5.41, 5.74) is 1.30. The molecule has 1 saturated carbocycles. The molecule has 4 aliphatic rings. The van der Waals surface area contributed by atoms with Crippen LogP contribution in [0.5, 0.6) is 0 Å². The highest BCUT2D eigenvalue weighted by Gasteiger charge is 2.68. The Kier molecular flexibility index (Phi) is 3.05. The Morgan fingerprint density at radius 1 is 0.952 bits per heavy atom. The minimum absolute atomic E-state index is 0.000301. The quantitative estimate of drug-likeness (QED) is 0.782. The predicted molar refractivity (Wildman–Crippen MR) is 69.4 cm³/mol. The molecule has 21 heavy (non-hydrogen) atoms. The average Bonchev–Trinajstić information content (AvgIpc) is 3.12. The van der Waals surface area contributed by atoms with Crippen molar-refractivity contribution < 1.29 is 22.6 Å². The highest BCUT2D eigenvalue weighted by atomic mass is 19.4. The summed E-state index contributed by atoms with van der Waals surface area (Å²) in [4.78, 5) is 2.15. The van der Waals surface area contributed by atoms with Gasteiger partial charge in [0.15, 0.2) is 0 Å². The zero-order valence-corrected chi connectivity index (χ0v) is 11.9. The Balaban J connectivity index is 1.79. The van der Waals surface area contributed by atoms with Crippen LogP contribution in [0.15, 0.2) is 11.3 Å². The van der Waals surface area contributed by atoms with E-state index in [1.807, 2.05) is 0 Å². The number of hydrogen-bond acceptors (Lipinski definition) is 3. The van der Waals surface area contributed by atoms with Gasteiger partial charge in [0, 0.05) is 30.3 Å². The smallest absolute Gasteiger partial charge is 0.374 e. The van der Waals surface area contributed by atoms with Gasteiger partial charge in [0.25, 0.3) is 5.79 Å². The number of ether oxygens (including phenoxy) is 2. The molecule has 0 spiro atoms. The molecule has 0 aromatic heterocycles. The van der Waals surface area contributed by atoms with E-state index in [0.717, 1.165) is 50.9 Å². The molecule has 3 nitrogen and oxygen atoms in total. The second-order valence-corrected chi connectivity index (χ2v) is 6.45. The van der Waals surface area contributed by atoms with Gasteiger partial charge in [-0.15, -0.1) is 0 Å². The van der Waals surface area contributed by atoms with Crippen LogP contribution in [0.1, 0.15) is 32.1 Å². The molecule has 0 aromatic rings. The van der Waals surface area contributed by atoms with Crippen molar-refractivity contribution in [2.45, 2.75) is 44.1 Å². The third-order valence-corrected chi connectivity index (χ3v) is 5.38. The minimum atomic E-state index is -4.50. The van der Waals surface area contributed by atoms with Gasteiger partial charge in [-0.1, -0.05) is 6.42 Å². The number of fused-ring (bicyclic) bond motifs is 1. The molecule has 0 amide bonds. The fraction of sp³-hybridized carbons (Fsp3) is 0.867. The van der Waals surface area contributed by atoms with E-state index in [1.165, 1.54) is 0 Å². The Morgan fingerprint density at radius 2 is 1.57 bits per heavy atom. The van der Waals surface area contributed by atoms with Crippen LogP contribution >= 0.6 is 0 Å². The Bertz CT molecular complexity index is 462. The van der Waals surface area contributed by atoms with Gasteiger partial charge in [-0.2, -0.15) is 13.2 Å². The zero-order valence-electron chi connectivity index (χ0n) is 11.9. The van der Waals surface area contributed by atoms with Gasteiger partial charge < -0.3 is 14.4 Å². The fourth-order valence-corrected chi connectivity index (χ4v) is 4.59. The van der Waals surface area contributed by atoms with Gasteiger partial charge in [0.05, 0.1) is 13.2 Å². The van der Waals surface area contributed by atoms with Crippen molar-refractivity contribution in [3.05, 3.63) is 11.3 Å². The maximum Gasteiger partial charge on any atom is 0.447 e. The summed E-state index contributed by atoms with van der Waals surface area (Å²) in [5, 5.41) is 0. The molecular weight excluding hydrogens is 283 g/mol. The number of nitrogens with zero attached hydrogens (tertiary/aromatic N) is 1. The van der Waals surface area contributed by atoms with Crippen molar-refractivity contribution in [2.24, 2.45) is 11.8 Å². The lowest BCUT2D eigenvalue weighted by molar-refractivity contribution is -0.330. The molecule has 2 heterocycles. The number of hydrogen-bond donors (Lipinski definition) is 0. The molecule has 2 unspecified atom stereocenters. The van der Waals surface area contributed by atoms with Crippen molar-refractivity contribution in [3.63, 3.8) is 0 Å². The van der Waals surface area contributed by atoms with Gasteiger partial charge in [-0.3, -0.25) is 0 Å². The molecule has 0 radical (unpaired) electrons. The van der Waals surface area contributed by atoms with Crippen LogP contribution in [-0.2, 0) is 9.47 Å². The predicted octanol–water partition coefficient (Wildman–Crippen LogP) is 3.07. The fourth-order valence-electron chi connectivity index (χ4n) is 4.59. The lowest BCUT2D eigenvalue weighted by Gasteiger charge is -2.48. The van der Waals surface area contributed by atoms with E-state index in [9.17, 15) is 13.2 Å². The van der Waals surface area contributed by atoms with Crippen LogP contribution in [0.2, 0.25) is 0 Å². The first-order valence-corrected chi connectivity index (χ1v) is 7.89. The molecule has 118 valence electrons. The Labute approximate surface area is 122 Å². The minimum Gasteiger partial charge on any atom is -0.374 e. The van der Waals surface area contributed by atoms with E-state index in [-0.39, 0.29) is 19.1 Å². The van der Waals surface area contributed by atoms with Crippen molar-refractivity contribution in [1.29, 1.82) is 0 Å². The van der Waals surface area contributed by atoms with Gasteiger partial charge in [-0.25, -0.2) is 0 Å². The second kappa shape index (κ2) is 4.62. The molecular formula is C15H20F3NO2. The van der Waals surface area contributed by atoms with Crippen LogP contribution in [-0.4, -0.2) is 43.2 Å². The average molecular weight is 303 g/mol. The molecule has 4 rings (SSSR count). The first kappa shape index (κ1) is 13.9. The Morgan fingerprint density at radius 3 is 2.19 bits per heavy atom. The lowest BCUT2D eigenvalue weighted by Crippen LogP contribution is -2.56. The largest absolute Gasteiger partial charge is 0.447 e. The van der Waals surface area contributed by atoms with Crippen molar-refractivity contribution in [1.82, 2.24) is 4.90 Å². The van der Waals surface area contributed by atoms with E-state index in [1.54, 1.807) is 0 Å². The normalized spacial score (nSPS) is 35.3. The van der Waals surface area contributed by atoms with Crippen LogP contribution in [0.3, 0.4) is 0 Å². The summed E-state index contributed by atoms with van der Waals surface area (Å²) in [7, 11) is 0. The number of rotatable bonds is 2.